The van der Waals surface area contributed by atoms with Crippen LogP contribution in [0, 0.1) is 5.92 Å². The third kappa shape index (κ3) is 6.05. The first kappa shape index (κ1) is 26.7. The fourth-order valence-corrected chi connectivity index (χ4v) is 6.82. The Balaban J connectivity index is 1.42. The van der Waals surface area contributed by atoms with Gasteiger partial charge in [0.25, 0.3) is 5.91 Å². The molecular weight excluding hydrogens is 560 g/mol. The molecule has 5 rings (SSSR count). The molecule has 0 aromatic heterocycles. The highest BCUT2D eigenvalue weighted by Crippen LogP contribution is 2.43. The molecule has 0 spiro atoms. The fourth-order valence-electron chi connectivity index (χ4n) is 5.18. The van der Waals surface area contributed by atoms with Crippen LogP contribution in [0.1, 0.15) is 43.7 Å². The van der Waals surface area contributed by atoms with E-state index in [4.69, 9.17) is 9.47 Å². The van der Waals surface area contributed by atoms with E-state index in [1.165, 1.54) is 6.42 Å². The molecule has 1 saturated heterocycles. The summed E-state index contributed by atoms with van der Waals surface area (Å²) in [6, 6.07) is 24.2. The second kappa shape index (κ2) is 12.3. The van der Waals surface area contributed by atoms with Crippen molar-refractivity contribution in [2.75, 3.05) is 12.4 Å². The zero-order chi connectivity index (χ0) is 26.5. The molecule has 38 heavy (non-hydrogen) atoms. The van der Waals surface area contributed by atoms with Gasteiger partial charge in [-0.2, -0.15) is 0 Å². The molecule has 5 nitrogen and oxygen atoms in total. The first-order valence-corrected chi connectivity index (χ1v) is 14.8. The van der Waals surface area contributed by atoms with Crippen LogP contribution < -0.4 is 14.8 Å². The highest BCUT2D eigenvalue weighted by Gasteiger charge is 2.43. The van der Waals surface area contributed by atoms with Crippen LogP contribution in [-0.4, -0.2) is 29.5 Å². The van der Waals surface area contributed by atoms with Crippen molar-refractivity contribution in [1.82, 2.24) is 4.90 Å². The lowest BCUT2D eigenvalue weighted by atomic mass is 9.85. The van der Waals surface area contributed by atoms with E-state index < -0.39 is 0 Å². The van der Waals surface area contributed by atoms with Gasteiger partial charge in [-0.3, -0.25) is 4.79 Å². The zero-order valence-electron chi connectivity index (χ0n) is 21.7. The van der Waals surface area contributed by atoms with Crippen LogP contribution in [0.25, 0.3) is 6.08 Å². The second-order valence-electron chi connectivity index (χ2n) is 9.83. The minimum atomic E-state index is -0.157. The number of carbonyl (C=O) groups excluding carboxylic acids is 1. The smallest absolute Gasteiger partial charge is 0.262 e. The third-order valence-electron chi connectivity index (χ3n) is 7.23. The lowest BCUT2D eigenvalue weighted by Gasteiger charge is -2.39. The van der Waals surface area contributed by atoms with Gasteiger partial charge in [0.15, 0.2) is 17.0 Å². The number of thioether (sulfide) groups is 1. The number of para-hydroxylation sites is 1. The fraction of sp³-hybridized carbons (Fsp3) is 0.323. The van der Waals surface area contributed by atoms with Crippen LogP contribution in [0.5, 0.6) is 11.5 Å². The van der Waals surface area contributed by atoms with Gasteiger partial charge in [-0.1, -0.05) is 96.0 Å². The van der Waals surface area contributed by atoms with Gasteiger partial charge in [-0.05, 0) is 60.2 Å². The van der Waals surface area contributed by atoms with Crippen LogP contribution in [-0.2, 0) is 11.4 Å². The second-order valence-corrected chi connectivity index (χ2v) is 11.8. The quantitative estimate of drug-likeness (QED) is 0.269. The molecule has 2 fully saturated rings. The average molecular weight is 594 g/mol. The van der Waals surface area contributed by atoms with Crippen LogP contribution >= 0.6 is 27.7 Å². The summed E-state index contributed by atoms with van der Waals surface area (Å²) in [5.74, 6) is 1.83. The predicted molar refractivity (Wildman–Crippen MR) is 159 cm³/mol. The van der Waals surface area contributed by atoms with Gasteiger partial charge in [0.2, 0.25) is 0 Å². The summed E-state index contributed by atoms with van der Waals surface area (Å²) in [4.78, 5) is 16.7. The van der Waals surface area contributed by atoms with Crippen molar-refractivity contribution >= 4 is 45.4 Å². The Morgan fingerprint density at radius 2 is 1.74 bits per heavy atom. The van der Waals surface area contributed by atoms with Crippen LogP contribution in [0.2, 0.25) is 0 Å². The number of anilines is 1. The Bertz CT molecular complexity index is 1290. The first-order chi connectivity index (χ1) is 18.5. The molecule has 3 atom stereocenters. The van der Waals surface area contributed by atoms with Gasteiger partial charge in [-0.25, -0.2) is 0 Å². The van der Waals surface area contributed by atoms with Crippen LogP contribution in [0.15, 0.2) is 82.2 Å². The molecule has 1 saturated carbocycles. The van der Waals surface area contributed by atoms with Gasteiger partial charge in [-0.15, -0.1) is 0 Å². The number of nitrogens with zero attached hydrogens (tertiary/aromatic N) is 1. The summed E-state index contributed by atoms with van der Waals surface area (Å²) in [6.45, 7) is 2.72. The normalized spacial score (nSPS) is 22.5. The number of benzene rings is 3. The number of carbonyl (C=O) groups is 1. The van der Waals surface area contributed by atoms with E-state index >= 15 is 0 Å². The highest BCUT2D eigenvalue weighted by molar-refractivity contribution is 9.10. The Hall–Kier alpha value is -2.90. The summed E-state index contributed by atoms with van der Waals surface area (Å²) < 4.78 is 12.6. The van der Waals surface area contributed by atoms with Crippen molar-refractivity contribution in [2.24, 2.45) is 5.92 Å². The summed E-state index contributed by atoms with van der Waals surface area (Å²) in [6.07, 6.45) is 6.56. The highest BCUT2D eigenvalue weighted by atomic mass is 79.9. The van der Waals surface area contributed by atoms with Crippen molar-refractivity contribution in [1.29, 1.82) is 0 Å². The standard InChI is InChI=1S/C31H33BrN2O3S/c1-21-11-9-10-16-26(21)34-30(35)29(38-31(34)33-24-14-7-4-8-15-24)18-23-17-27(36-2)28(19-25(23)32)37-20-22-12-5-3-6-13-22/h3-8,12-15,17-19,21,26,31,33H,9-11,16,20H2,1-2H3/b29-18-/t21-,26+,31?/m0/s1. The number of hydrogen-bond donors (Lipinski definition) is 1. The molecule has 2 aliphatic rings. The molecular formula is C31H33BrN2O3S. The number of methoxy groups -OCH3 is 1. The van der Waals surface area contributed by atoms with Gasteiger partial charge < -0.3 is 19.7 Å². The Labute approximate surface area is 237 Å². The molecule has 1 amide bonds. The van der Waals surface area contributed by atoms with E-state index in [9.17, 15) is 4.79 Å². The summed E-state index contributed by atoms with van der Waals surface area (Å²) in [5.41, 5.74) is 2.81. The summed E-state index contributed by atoms with van der Waals surface area (Å²) in [7, 11) is 1.64. The van der Waals surface area contributed by atoms with Gasteiger partial charge >= 0.3 is 0 Å². The minimum Gasteiger partial charge on any atom is -0.493 e. The topological polar surface area (TPSA) is 50.8 Å². The van der Waals surface area contributed by atoms with Crippen molar-refractivity contribution in [3.63, 3.8) is 0 Å². The molecule has 1 unspecified atom stereocenters. The summed E-state index contributed by atoms with van der Waals surface area (Å²) in [5, 5.41) is 3.60. The predicted octanol–water partition coefficient (Wildman–Crippen LogP) is 7.93. The number of hydrogen-bond acceptors (Lipinski definition) is 5. The van der Waals surface area contributed by atoms with E-state index in [0.717, 1.165) is 45.5 Å². The maximum atomic E-state index is 13.9. The SMILES string of the molecule is COc1cc(/C=C2\SC(Nc3ccccc3)N([C@@H]3CCCC[C@@H]3C)C2=O)c(Br)cc1OCc1ccccc1. The Morgan fingerprint density at radius 1 is 1.03 bits per heavy atom. The lowest BCUT2D eigenvalue weighted by Crippen LogP contribution is -2.48. The maximum absolute atomic E-state index is 13.9. The van der Waals surface area contributed by atoms with Crippen molar-refractivity contribution < 1.29 is 14.3 Å². The van der Waals surface area contributed by atoms with E-state index in [-0.39, 0.29) is 17.4 Å². The monoisotopic (exact) mass is 592 g/mol. The molecule has 3 aromatic carbocycles. The van der Waals surface area contributed by atoms with Crippen molar-refractivity contribution in [3.8, 4) is 11.5 Å². The molecule has 0 radical (unpaired) electrons. The van der Waals surface area contributed by atoms with Crippen LogP contribution in [0.3, 0.4) is 0 Å². The Kier molecular flexibility index (Phi) is 8.65. The first-order valence-electron chi connectivity index (χ1n) is 13.1. The van der Waals surface area contributed by atoms with E-state index in [1.807, 2.05) is 78.9 Å². The number of halogens is 1. The molecule has 0 bridgehead atoms. The third-order valence-corrected chi connectivity index (χ3v) is 9.03. The van der Waals surface area contributed by atoms with Crippen molar-refractivity contribution in [2.45, 2.75) is 50.8 Å². The lowest BCUT2D eigenvalue weighted by molar-refractivity contribution is -0.129. The summed E-state index contributed by atoms with van der Waals surface area (Å²) >= 11 is 5.28. The number of rotatable bonds is 8. The van der Waals surface area contributed by atoms with Crippen LogP contribution in [0.4, 0.5) is 5.69 Å². The molecule has 1 N–H and O–H groups in total. The van der Waals surface area contributed by atoms with Gasteiger partial charge in [0, 0.05) is 16.2 Å². The minimum absolute atomic E-state index is 0.0810. The number of ether oxygens (including phenoxy) is 2. The van der Waals surface area contributed by atoms with E-state index in [0.29, 0.717) is 24.0 Å². The van der Waals surface area contributed by atoms with E-state index in [2.05, 4.69) is 33.1 Å². The molecule has 1 heterocycles. The van der Waals surface area contributed by atoms with Gasteiger partial charge in [0.05, 0.1) is 12.0 Å². The molecule has 1 aliphatic carbocycles. The number of nitrogens with one attached hydrogen (secondary N) is 1. The Morgan fingerprint density at radius 3 is 2.45 bits per heavy atom. The average Bonchev–Trinajstić information content (AvgIpc) is 3.24. The van der Waals surface area contributed by atoms with E-state index in [1.54, 1.807) is 18.9 Å². The number of amides is 1. The maximum Gasteiger partial charge on any atom is 0.262 e. The molecule has 1 aliphatic heterocycles. The molecule has 3 aromatic rings. The zero-order valence-corrected chi connectivity index (χ0v) is 24.1. The molecule has 7 heteroatoms. The largest absolute Gasteiger partial charge is 0.493 e. The van der Waals surface area contributed by atoms with Crippen molar-refractivity contribution in [3.05, 3.63) is 93.3 Å². The molecule has 198 valence electrons. The van der Waals surface area contributed by atoms with Gasteiger partial charge in [0.1, 0.15) is 6.61 Å².